The van der Waals surface area contributed by atoms with Gasteiger partial charge in [0.05, 0.1) is 0 Å². The summed E-state index contributed by atoms with van der Waals surface area (Å²) in [5.41, 5.74) is 1.30. The summed E-state index contributed by atoms with van der Waals surface area (Å²) in [6.45, 7) is 2.13. The van der Waals surface area contributed by atoms with Crippen LogP contribution in [0.5, 0.6) is 0 Å². The van der Waals surface area contributed by atoms with E-state index < -0.39 is 0 Å². The Bertz CT molecular complexity index is 212. The lowest BCUT2D eigenvalue weighted by Crippen LogP contribution is -1.80. The van der Waals surface area contributed by atoms with Crippen LogP contribution in [0, 0.1) is 3.57 Å². The summed E-state index contributed by atoms with van der Waals surface area (Å²) < 4.78 is 1.21. The maximum absolute atomic E-state index is 5.82. The molecule has 0 fully saturated rings. The highest BCUT2D eigenvalue weighted by Gasteiger charge is 1.93. The molecule has 0 aliphatic carbocycles. The molecular formula is C8H8ClI. The molecule has 54 valence electrons. The third kappa shape index (κ3) is 2.13. The predicted molar refractivity (Wildman–Crippen MR) is 53.5 cm³/mol. The third-order valence-corrected chi connectivity index (χ3v) is 2.17. The standard InChI is InChI=1S/C8H8ClI/c1-2-6-3-7(9)5-8(10)4-6/h3-5H,2H2,1H3. The van der Waals surface area contributed by atoms with Crippen molar-refractivity contribution in [1.29, 1.82) is 0 Å². The lowest BCUT2D eigenvalue weighted by Gasteiger charge is -1.97. The Morgan fingerprint density at radius 3 is 2.60 bits per heavy atom. The van der Waals surface area contributed by atoms with Gasteiger partial charge in [0.2, 0.25) is 0 Å². The Labute approximate surface area is 79.7 Å². The van der Waals surface area contributed by atoms with Crippen molar-refractivity contribution in [1.82, 2.24) is 0 Å². The van der Waals surface area contributed by atoms with E-state index in [0.717, 1.165) is 11.4 Å². The molecule has 0 aliphatic rings. The Morgan fingerprint density at radius 2 is 2.10 bits per heavy atom. The first-order valence-electron chi connectivity index (χ1n) is 3.17. The number of halogens is 2. The number of hydrogen-bond acceptors (Lipinski definition) is 0. The van der Waals surface area contributed by atoms with Crippen LogP contribution in [-0.4, -0.2) is 0 Å². The Kier molecular flexibility index (Phi) is 2.98. The van der Waals surface area contributed by atoms with E-state index in [1.165, 1.54) is 9.13 Å². The van der Waals surface area contributed by atoms with Crippen molar-refractivity contribution in [3.8, 4) is 0 Å². The van der Waals surface area contributed by atoms with Gasteiger partial charge in [-0.2, -0.15) is 0 Å². The van der Waals surface area contributed by atoms with Gasteiger partial charge in [-0.1, -0.05) is 18.5 Å². The van der Waals surface area contributed by atoms with Gasteiger partial charge in [-0.3, -0.25) is 0 Å². The van der Waals surface area contributed by atoms with Gasteiger partial charge >= 0.3 is 0 Å². The lowest BCUT2D eigenvalue weighted by molar-refractivity contribution is 1.14. The van der Waals surface area contributed by atoms with Crippen LogP contribution < -0.4 is 0 Å². The molecule has 0 bridgehead atoms. The van der Waals surface area contributed by atoms with Gasteiger partial charge < -0.3 is 0 Å². The zero-order valence-corrected chi connectivity index (χ0v) is 8.61. The van der Waals surface area contributed by atoms with Crippen molar-refractivity contribution in [2.24, 2.45) is 0 Å². The average molecular weight is 267 g/mol. The van der Waals surface area contributed by atoms with E-state index in [1.807, 2.05) is 12.1 Å². The van der Waals surface area contributed by atoms with Crippen molar-refractivity contribution in [2.75, 3.05) is 0 Å². The molecule has 10 heavy (non-hydrogen) atoms. The fraction of sp³-hybridized carbons (Fsp3) is 0.250. The topological polar surface area (TPSA) is 0 Å². The maximum atomic E-state index is 5.82. The Hall–Kier alpha value is 0.240. The van der Waals surface area contributed by atoms with E-state index in [-0.39, 0.29) is 0 Å². The highest BCUT2D eigenvalue weighted by Crippen LogP contribution is 2.16. The van der Waals surface area contributed by atoms with E-state index in [1.54, 1.807) is 0 Å². The summed E-state index contributed by atoms with van der Waals surface area (Å²) in [6.07, 6.45) is 1.05. The van der Waals surface area contributed by atoms with Gasteiger partial charge in [0.15, 0.2) is 0 Å². The monoisotopic (exact) mass is 266 g/mol. The fourth-order valence-electron chi connectivity index (χ4n) is 0.815. The molecule has 0 aromatic heterocycles. The maximum Gasteiger partial charge on any atom is 0.0419 e. The first kappa shape index (κ1) is 8.34. The van der Waals surface area contributed by atoms with Crippen LogP contribution in [-0.2, 0) is 6.42 Å². The molecule has 0 amide bonds. The number of aryl methyl sites for hydroxylation is 1. The summed E-state index contributed by atoms with van der Waals surface area (Å²) in [6, 6.07) is 6.11. The second-order valence-corrected chi connectivity index (χ2v) is 3.81. The van der Waals surface area contributed by atoms with Gasteiger partial charge in [0, 0.05) is 8.59 Å². The largest absolute Gasteiger partial charge is 0.0843 e. The molecule has 0 spiro atoms. The average Bonchev–Trinajstić information content (AvgIpc) is 1.85. The summed E-state index contributed by atoms with van der Waals surface area (Å²) in [4.78, 5) is 0. The molecule has 1 aromatic carbocycles. The van der Waals surface area contributed by atoms with E-state index >= 15 is 0 Å². The zero-order valence-electron chi connectivity index (χ0n) is 5.70. The smallest absolute Gasteiger partial charge is 0.0419 e. The summed E-state index contributed by atoms with van der Waals surface area (Å²) >= 11 is 8.09. The normalized spacial score (nSPS) is 9.90. The van der Waals surface area contributed by atoms with Crippen LogP contribution in [0.4, 0.5) is 0 Å². The van der Waals surface area contributed by atoms with Gasteiger partial charge in [0.25, 0.3) is 0 Å². The lowest BCUT2D eigenvalue weighted by atomic mass is 10.2. The van der Waals surface area contributed by atoms with Crippen molar-refractivity contribution >= 4 is 34.2 Å². The molecule has 0 atom stereocenters. The van der Waals surface area contributed by atoms with Gasteiger partial charge in [0.1, 0.15) is 0 Å². The van der Waals surface area contributed by atoms with Crippen LogP contribution in [0.15, 0.2) is 18.2 Å². The summed E-state index contributed by atoms with van der Waals surface area (Å²) in [5.74, 6) is 0. The van der Waals surface area contributed by atoms with Crippen LogP contribution >= 0.6 is 34.2 Å². The van der Waals surface area contributed by atoms with Crippen LogP contribution in [0.25, 0.3) is 0 Å². The molecule has 1 aromatic rings. The van der Waals surface area contributed by atoms with E-state index in [2.05, 4.69) is 35.6 Å². The molecule has 1 rings (SSSR count). The second kappa shape index (κ2) is 3.58. The first-order chi connectivity index (χ1) is 4.72. The van der Waals surface area contributed by atoms with E-state index in [0.29, 0.717) is 0 Å². The first-order valence-corrected chi connectivity index (χ1v) is 4.63. The zero-order chi connectivity index (χ0) is 7.56. The highest BCUT2D eigenvalue weighted by molar-refractivity contribution is 14.1. The Balaban J connectivity index is 3.06. The molecule has 0 aliphatic heterocycles. The number of hydrogen-bond donors (Lipinski definition) is 0. The molecule has 0 saturated heterocycles. The minimum Gasteiger partial charge on any atom is -0.0843 e. The molecule has 0 nitrogen and oxygen atoms in total. The summed E-state index contributed by atoms with van der Waals surface area (Å²) in [5, 5.41) is 0.837. The summed E-state index contributed by atoms with van der Waals surface area (Å²) in [7, 11) is 0. The molecular weight excluding hydrogens is 258 g/mol. The minimum atomic E-state index is 0.837. The van der Waals surface area contributed by atoms with Crippen LogP contribution in [0.1, 0.15) is 12.5 Å². The van der Waals surface area contributed by atoms with Crippen LogP contribution in [0.3, 0.4) is 0 Å². The van der Waals surface area contributed by atoms with Crippen molar-refractivity contribution in [3.63, 3.8) is 0 Å². The van der Waals surface area contributed by atoms with Gasteiger partial charge in [-0.25, -0.2) is 0 Å². The molecule has 0 N–H and O–H groups in total. The number of benzene rings is 1. The predicted octanol–water partition coefficient (Wildman–Crippen LogP) is 3.51. The Morgan fingerprint density at radius 1 is 1.40 bits per heavy atom. The quantitative estimate of drug-likeness (QED) is 0.683. The molecule has 0 heterocycles. The third-order valence-electron chi connectivity index (χ3n) is 1.33. The fourth-order valence-corrected chi connectivity index (χ4v) is 1.99. The van der Waals surface area contributed by atoms with Crippen LogP contribution in [0.2, 0.25) is 5.02 Å². The second-order valence-electron chi connectivity index (χ2n) is 2.13. The van der Waals surface area contributed by atoms with E-state index in [4.69, 9.17) is 11.6 Å². The SMILES string of the molecule is CCc1cc(Cl)cc(I)c1. The highest BCUT2D eigenvalue weighted by atomic mass is 127. The molecule has 0 radical (unpaired) electrons. The molecule has 0 saturated carbocycles. The molecule has 2 heteroatoms. The van der Waals surface area contributed by atoms with Gasteiger partial charge in [-0.15, -0.1) is 0 Å². The minimum absolute atomic E-state index is 0.837. The van der Waals surface area contributed by atoms with Crippen molar-refractivity contribution in [2.45, 2.75) is 13.3 Å². The van der Waals surface area contributed by atoms with Crippen molar-refractivity contribution < 1.29 is 0 Å². The number of rotatable bonds is 1. The van der Waals surface area contributed by atoms with Crippen molar-refractivity contribution in [3.05, 3.63) is 32.4 Å². The van der Waals surface area contributed by atoms with Gasteiger partial charge in [-0.05, 0) is 52.8 Å². The molecule has 0 unspecified atom stereocenters. The van der Waals surface area contributed by atoms with E-state index in [9.17, 15) is 0 Å².